The minimum Gasteiger partial charge on any atom is -0.462 e. The van der Waals surface area contributed by atoms with Crippen LogP contribution in [0.5, 0.6) is 0 Å². The first kappa shape index (κ1) is 15.9. The minimum atomic E-state index is -4.69. The smallest absolute Gasteiger partial charge is 0.451 e. The van der Waals surface area contributed by atoms with Crippen LogP contribution in [-0.2, 0) is 10.9 Å². The number of hydrogen-bond acceptors (Lipinski definition) is 4. The van der Waals surface area contributed by atoms with Crippen LogP contribution in [0.15, 0.2) is 30.5 Å². The highest BCUT2D eigenvalue weighted by Crippen LogP contribution is 2.31. The number of hydrogen-bond donors (Lipinski definition) is 0. The van der Waals surface area contributed by atoms with Gasteiger partial charge in [-0.2, -0.15) is 13.2 Å². The van der Waals surface area contributed by atoms with Crippen molar-refractivity contribution < 1.29 is 22.7 Å². The molecule has 1 aromatic carbocycles. The van der Waals surface area contributed by atoms with Gasteiger partial charge in [-0.15, -0.1) is 0 Å². The number of rotatable bonds is 3. The fourth-order valence-corrected chi connectivity index (χ4v) is 1.92. The van der Waals surface area contributed by atoms with E-state index in [0.717, 1.165) is 6.20 Å². The van der Waals surface area contributed by atoms with Gasteiger partial charge in [-0.1, -0.05) is 24.3 Å². The van der Waals surface area contributed by atoms with Crippen LogP contribution in [0.2, 0.25) is 0 Å². The lowest BCUT2D eigenvalue weighted by atomic mass is 10.0. The summed E-state index contributed by atoms with van der Waals surface area (Å²) >= 11 is 0. The van der Waals surface area contributed by atoms with E-state index >= 15 is 0 Å². The number of halogens is 3. The zero-order valence-electron chi connectivity index (χ0n) is 11.9. The number of benzene rings is 1. The van der Waals surface area contributed by atoms with Gasteiger partial charge in [0.05, 0.1) is 12.3 Å². The Morgan fingerprint density at radius 3 is 2.55 bits per heavy atom. The summed E-state index contributed by atoms with van der Waals surface area (Å²) in [4.78, 5) is 18.7. The van der Waals surface area contributed by atoms with E-state index in [0.29, 0.717) is 11.1 Å². The lowest BCUT2D eigenvalue weighted by Gasteiger charge is -2.12. The van der Waals surface area contributed by atoms with Gasteiger partial charge in [-0.05, 0) is 19.4 Å². The molecule has 0 atom stereocenters. The molecule has 0 aliphatic carbocycles. The predicted octanol–water partition coefficient (Wildman–Crippen LogP) is 3.65. The maximum atomic E-state index is 12.8. The van der Waals surface area contributed by atoms with E-state index in [-0.39, 0.29) is 17.9 Å². The van der Waals surface area contributed by atoms with Crippen molar-refractivity contribution in [3.8, 4) is 11.3 Å². The van der Waals surface area contributed by atoms with Crippen molar-refractivity contribution in [2.75, 3.05) is 6.61 Å². The maximum Gasteiger partial charge on any atom is 0.451 e. The molecule has 7 heteroatoms. The Balaban J connectivity index is 2.66. The average molecular weight is 310 g/mol. The van der Waals surface area contributed by atoms with E-state index in [1.54, 1.807) is 38.1 Å². The highest BCUT2D eigenvalue weighted by atomic mass is 19.4. The van der Waals surface area contributed by atoms with Gasteiger partial charge >= 0.3 is 12.1 Å². The van der Waals surface area contributed by atoms with Crippen LogP contribution in [0.25, 0.3) is 11.3 Å². The highest BCUT2D eigenvalue weighted by Gasteiger charge is 2.36. The van der Waals surface area contributed by atoms with Gasteiger partial charge in [0.15, 0.2) is 0 Å². The summed E-state index contributed by atoms with van der Waals surface area (Å²) in [6.07, 6.45) is -3.83. The first-order valence-corrected chi connectivity index (χ1v) is 6.52. The number of nitrogens with zero attached hydrogens (tertiary/aromatic N) is 2. The Labute approximate surface area is 125 Å². The molecule has 0 radical (unpaired) electrons. The van der Waals surface area contributed by atoms with E-state index in [1.165, 1.54) is 0 Å². The summed E-state index contributed by atoms with van der Waals surface area (Å²) in [5, 5.41) is 0. The summed E-state index contributed by atoms with van der Waals surface area (Å²) in [5.74, 6) is -2.05. The van der Waals surface area contributed by atoms with Crippen LogP contribution in [0.3, 0.4) is 0 Å². The fraction of sp³-hybridized carbons (Fsp3) is 0.267. The molecule has 0 fully saturated rings. The molecule has 4 nitrogen and oxygen atoms in total. The lowest BCUT2D eigenvalue weighted by molar-refractivity contribution is -0.144. The second kappa shape index (κ2) is 6.13. The molecule has 2 aromatic rings. The number of esters is 1. The highest BCUT2D eigenvalue weighted by molar-refractivity contribution is 5.96. The summed E-state index contributed by atoms with van der Waals surface area (Å²) in [6, 6.07) is 6.72. The van der Waals surface area contributed by atoms with E-state index in [9.17, 15) is 18.0 Å². The number of carbonyl (C=O) groups is 1. The van der Waals surface area contributed by atoms with Gasteiger partial charge in [0.1, 0.15) is 5.56 Å². The summed E-state index contributed by atoms with van der Waals surface area (Å²) in [6.45, 7) is 3.43. The predicted molar refractivity (Wildman–Crippen MR) is 73.2 cm³/mol. The van der Waals surface area contributed by atoms with E-state index in [2.05, 4.69) is 9.97 Å². The monoisotopic (exact) mass is 310 g/mol. The molecule has 1 aromatic heterocycles. The van der Waals surface area contributed by atoms with Gasteiger partial charge in [0, 0.05) is 11.8 Å². The molecule has 0 aliphatic rings. The quantitative estimate of drug-likeness (QED) is 0.812. The normalized spacial score (nSPS) is 11.3. The second-order valence-corrected chi connectivity index (χ2v) is 4.49. The van der Waals surface area contributed by atoms with Crippen LogP contribution in [-0.4, -0.2) is 22.5 Å². The molecular formula is C15H13F3N2O2. The number of ether oxygens (including phenoxy) is 1. The van der Waals surface area contributed by atoms with Gasteiger partial charge in [0.2, 0.25) is 5.82 Å². The third-order valence-electron chi connectivity index (χ3n) is 2.94. The number of aryl methyl sites for hydroxylation is 1. The summed E-state index contributed by atoms with van der Waals surface area (Å²) in [5.41, 5.74) is 0.946. The Bertz CT molecular complexity index is 699. The first-order chi connectivity index (χ1) is 10.3. The molecule has 22 heavy (non-hydrogen) atoms. The van der Waals surface area contributed by atoms with E-state index in [4.69, 9.17) is 4.74 Å². The topological polar surface area (TPSA) is 52.1 Å². The SMILES string of the molecule is CCOC(=O)c1cnc(C(F)(F)F)nc1-c1ccccc1C. The molecule has 0 saturated heterocycles. The fourth-order valence-electron chi connectivity index (χ4n) is 1.92. The molecule has 0 spiro atoms. The molecule has 0 unspecified atom stereocenters. The minimum absolute atomic E-state index is 0.0844. The molecule has 0 N–H and O–H groups in total. The Morgan fingerprint density at radius 2 is 1.95 bits per heavy atom. The van der Waals surface area contributed by atoms with Gasteiger partial charge in [-0.3, -0.25) is 0 Å². The van der Waals surface area contributed by atoms with Gasteiger partial charge in [0.25, 0.3) is 0 Å². The van der Waals surface area contributed by atoms with Crippen LogP contribution in [0.1, 0.15) is 28.7 Å². The lowest BCUT2D eigenvalue weighted by Crippen LogP contribution is -2.15. The first-order valence-electron chi connectivity index (χ1n) is 6.52. The van der Waals surface area contributed by atoms with Crippen molar-refractivity contribution >= 4 is 5.97 Å². The molecule has 0 bridgehead atoms. The number of aromatic nitrogens is 2. The molecule has 116 valence electrons. The van der Waals surface area contributed by atoms with Crippen molar-refractivity contribution in [3.63, 3.8) is 0 Å². The van der Waals surface area contributed by atoms with Crippen LogP contribution in [0, 0.1) is 6.92 Å². The Kier molecular flexibility index (Phi) is 4.44. The number of alkyl halides is 3. The van der Waals surface area contributed by atoms with Crippen molar-refractivity contribution in [2.24, 2.45) is 0 Å². The summed E-state index contributed by atoms with van der Waals surface area (Å²) < 4.78 is 43.3. The zero-order chi connectivity index (χ0) is 16.3. The standard InChI is InChI=1S/C15H13F3N2O2/c1-3-22-13(21)11-8-19-14(15(16,17)18)20-12(11)10-7-5-4-6-9(10)2/h4-8H,3H2,1-2H3. The molecule has 0 amide bonds. The largest absolute Gasteiger partial charge is 0.462 e. The van der Waals surface area contributed by atoms with Crippen LogP contribution in [0.4, 0.5) is 13.2 Å². The molecule has 2 rings (SSSR count). The van der Waals surface area contributed by atoms with E-state index in [1.807, 2.05) is 0 Å². The zero-order valence-corrected chi connectivity index (χ0v) is 11.9. The Hall–Kier alpha value is -2.44. The van der Waals surface area contributed by atoms with Crippen molar-refractivity contribution in [1.82, 2.24) is 9.97 Å². The second-order valence-electron chi connectivity index (χ2n) is 4.49. The van der Waals surface area contributed by atoms with Crippen molar-refractivity contribution in [3.05, 3.63) is 47.4 Å². The van der Waals surface area contributed by atoms with Crippen LogP contribution < -0.4 is 0 Å². The molecular weight excluding hydrogens is 297 g/mol. The average Bonchev–Trinajstić information content (AvgIpc) is 2.46. The van der Waals surface area contributed by atoms with Crippen LogP contribution >= 0.6 is 0 Å². The van der Waals surface area contributed by atoms with Crippen molar-refractivity contribution in [1.29, 1.82) is 0 Å². The third-order valence-corrected chi connectivity index (χ3v) is 2.94. The summed E-state index contributed by atoms with van der Waals surface area (Å²) in [7, 11) is 0. The van der Waals surface area contributed by atoms with Gasteiger partial charge < -0.3 is 4.74 Å². The molecule has 0 aliphatic heterocycles. The molecule has 1 heterocycles. The third kappa shape index (κ3) is 3.24. The number of carbonyl (C=O) groups excluding carboxylic acids is 1. The van der Waals surface area contributed by atoms with Gasteiger partial charge in [-0.25, -0.2) is 14.8 Å². The van der Waals surface area contributed by atoms with E-state index < -0.39 is 18.0 Å². The Morgan fingerprint density at radius 1 is 1.27 bits per heavy atom. The molecule has 0 saturated carbocycles. The van der Waals surface area contributed by atoms with Crippen molar-refractivity contribution in [2.45, 2.75) is 20.0 Å². The maximum absolute atomic E-state index is 12.8.